The number of primary amides is 1. The molecule has 0 saturated carbocycles. The van der Waals surface area contributed by atoms with Crippen molar-refractivity contribution >= 4 is 5.91 Å². The second-order valence-electron chi connectivity index (χ2n) is 4.81. The Morgan fingerprint density at radius 1 is 1.09 bits per heavy atom. The van der Waals surface area contributed by atoms with Crippen LogP contribution >= 0.6 is 0 Å². The first-order chi connectivity index (χ1) is 10.4. The summed E-state index contributed by atoms with van der Waals surface area (Å²) in [6, 6.07) is 12.5. The van der Waals surface area contributed by atoms with Gasteiger partial charge >= 0.3 is 6.18 Å². The van der Waals surface area contributed by atoms with E-state index < -0.39 is 17.6 Å². The van der Waals surface area contributed by atoms with E-state index in [0.29, 0.717) is 11.1 Å². The Labute approximate surface area is 125 Å². The summed E-state index contributed by atoms with van der Waals surface area (Å²) in [6.45, 7) is 0.0584. The first-order valence-corrected chi connectivity index (χ1v) is 6.62. The van der Waals surface area contributed by atoms with Crippen molar-refractivity contribution in [2.24, 2.45) is 5.73 Å². The van der Waals surface area contributed by atoms with Gasteiger partial charge < -0.3 is 11.1 Å². The third kappa shape index (κ3) is 4.08. The van der Waals surface area contributed by atoms with Gasteiger partial charge in [0.15, 0.2) is 0 Å². The monoisotopic (exact) mass is 308 g/mol. The topological polar surface area (TPSA) is 55.1 Å². The fraction of sp³-hybridized carbons (Fsp3) is 0.188. The highest BCUT2D eigenvalue weighted by Crippen LogP contribution is 2.37. The molecule has 1 amide bonds. The normalized spacial score (nSPS) is 11.4. The summed E-state index contributed by atoms with van der Waals surface area (Å²) >= 11 is 0. The van der Waals surface area contributed by atoms with E-state index in [4.69, 9.17) is 5.73 Å². The summed E-state index contributed by atoms with van der Waals surface area (Å²) in [5.41, 5.74) is 5.35. The maximum absolute atomic E-state index is 13.3. The molecule has 2 aromatic carbocycles. The molecule has 2 aromatic rings. The fourth-order valence-corrected chi connectivity index (χ4v) is 2.14. The highest BCUT2D eigenvalue weighted by molar-refractivity contribution is 5.75. The maximum atomic E-state index is 13.3. The number of rotatable bonds is 5. The Balaban J connectivity index is 2.34. The second kappa shape index (κ2) is 6.62. The van der Waals surface area contributed by atoms with E-state index in [9.17, 15) is 18.0 Å². The van der Waals surface area contributed by atoms with Crippen molar-refractivity contribution in [1.82, 2.24) is 5.32 Å². The molecule has 0 aliphatic heterocycles. The average Bonchev–Trinajstić information content (AvgIpc) is 2.47. The minimum absolute atomic E-state index is 0.0816. The second-order valence-corrected chi connectivity index (χ2v) is 4.81. The third-order valence-corrected chi connectivity index (χ3v) is 3.10. The van der Waals surface area contributed by atoms with Gasteiger partial charge in [-0.1, -0.05) is 42.5 Å². The van der Waals surface area contributed by atoms with Gasteiger partial charge in [-0.2, -0.15) is 13.2 Å². The Morgan fingerprint density at radius 3 is 2.36 bits per heavy atom. The lowest BCUT2D eigenvalue weighted by Gasteiger charge is -2.15. The molecular formula is C16H15F3N2O. The van der Waals surface area contributed by atoms with Crippen molar-refractivity contribution in [3.63, 3.8) is 0 Å². The van der Waals surface area contributed by atoms with Crippen LogP contribution in [0.2, 0.25) is 0 Å². The molecule has 0 saturated heterocycles. The molecule has 0 aliphatic carbocycles. The number of benzene rings is 2. The minimum atomic E-state index is -4.45. The summed E-state index contributed by atoms with van der Waals surface area (Å²) in [5, 5.41) is 2.70. The van der Waals surface area contributed by atoms with Gasteiger partial charge in [0.05, 0.1) is 12.1 Å². The number of hydrogen-bond acceptors (Lipinski definition) is 2. The van der Waals surface area contributed by atoms with Gasteiger partial charge in [0, 0.05) is 6.54 Å². The smallest absolute Gasteiger partial charge is 0.369 e. The van der Waals surface area contributed by atoms with E-state index in [1.54, 1.807) is 36.4 Å². The van der Waals surface area contributed by atoms with E-state index in [1.165, 1.54) is 6.07 Å². The molecule has 22 heavy (non-hydrogen) atoms. The predicted octanol–water partition coefficient (Wildman–Crippen LogP) is 2.95. The van der Waals surface area contributed by atoms with Crippen molar-refractivity contribution in [1.29, 1.82) is 0 Å². The van der Waals surface area contributed by atoms with Crippen LogP contribution in [0.4, 0.5) is 13.2 Å². The van der Waals surface area contributed by atoms with Crippen LogP contribution < -0.4 is 11.1 Å². The summed E-state index contributed by atoms with van der Waals surface area (Å²) in [5.74, 6) is -0.558. The summed E-state index contributed by atoms with van der Waals surface area (Å²) in [6.07, 6.45) is -4.45. The van der Waals surface area contributed by atoms with E-state index in [0.717, 1.165) is 6.07 Å². The average molecular weight is 308 g/mol. The molecule has 6 heteroatoms. The van der Waals surface area contributed by atoms with Gasteiger partial charge in [0.25, 0.3) is 0 Å². The van der Waals surface area contributed by atoms with Crippen LogP contribution in [-0.4, -0.2) is 12.5 Å². The quantitative estimate of drug-likeness (QED) is 0.892. The van der Waals surface area contributed by atoms with Gasteiger partial charge in [-0.25, -0.2) is 0 Å². The van der Waals surface area contributed by atoms with Gasteiger partial charge in [0.1, 0.15) is 0 Å². The molecule has 0 unspecified atom stereocenters. The van der Waals surface area contributed by atoms with E-state index in [-0.39, 0.29) is 18.7 Å². The van der Waals surface area contributed by atoms with Gasteiger partial charge in [-0.15, -0.1) is 0 Å². The lowest BCUT2D eigenvalue weighted by Crippen LogP contribution is -2.28. The number of nitrogens with one attached hydrogen (secondary N) is 1. The van der Waals surface area contributed by atoms with E-state index in [2.05, 4.69) is 5.32 Å². The first-order valence-electron chi connectivity index (χ1n) is 6.62. The van der Waals surface area contributed by atoms with Gasteiger partial charge in [-0.05, 0) is 22.8 Å². The van der Waals surface area contributed by atoms with Crippen molar-refractivity contribution in [2.45, 2.75) is 12.7 Å². The Morgan fingerprint density at radius 2 is 1.77 bits per heavy atom. The third-order valence-electron chi connectivity index (χ3n) is 3.10. The number of carbonyl (C=O) groups is 1. The van der Waals surface area contributed by atoms with Crippen molar-refractivity contribution in [3.8, 4) is 11.1 Å². The largest absolute Gasteiger partial charge is 0.417 e. The molecule has 2 rings (SSSR count). The Bertz CT molecular complexity index is 654. The molecule has 0 spiro atoms. The SMILES string of the molecule is NC(=O)CNCc1ccc(-c2ccccc2)c(C(F)(F)F)c1. The first kappa shape index (κ1) is 16.0. The molecule has 0 radical (unpaired) electrons. The van der Waals surface area contributed by atoms with Crippen LogP contribution in [0.5, 0.6) is 0 Å². The Kier molecular flexibility index (Phi) is 4.82. The molecular weight excluding hydrogens is 293 g/mol. The molecule has 3 N–H and O–H groups in total. The maximum Gasteiger partial charge on any atom is 0.417 e. The predicted molar refractivity (Wildman–Crippen MR) is 77.8 cm³/mol. The number of amides is 1. The zero-order chi connectivity index (χ0) is 16.2. The zero-order valence-corrected chi connectivity index (χ0v) is 11.7. The van der Waals surface area contributed by atoms with Crippen LogP contribution in [0.15, 0.2) is 48.5 Å². The fourth-order valence-electron chi connectivity index (χ4n) is 2.14. The minimum Gasteiger partial charge on any atom is -0.369 e. The summed E-state index contributed by atoms with van der Waals surface area (Å²) < 4.78 is 39.8. The molecule has 0 atom stereocenters. The zero-order valence-electron chi connectivity index (χ0n) is 11.7. The number of hydrogen-bond donors (Lipinski definition) is 2. The number of halogens is 3. The van der Waals surface area contributed by atoms with Crippen LogP contribution in [0, 0.1) is 0 Å². The molecule has 0 heterocycles. The molecule has 0 aliphatic rings. The molecule has 0 aromatic heterocycles. The van der Waals surface area contributed by atoms with Crippen LogP contribution in [0.1, 0.15) is 11.1 Å². The summed E-state index contributed by atoms with van der Waals surface area (Å²) in [4.78, 5) is 10.6. The highest BCUT2D eigenvalue weighted by atomic mass is 19.4. The van der Waals surface area contributed by atoms with Crippen molar-refractivity contribution in [2.75, 3.05) is 6.54 Å². The van der Waals surface area contributed by atoms with E-state index in [1.807, 2.05) is 0 Å². The summed E-state index contributed by atoms with van der Waals surface area (Å²) in [7, 11) is 0. The van der Waals surface area contributed by atoms with Crippen molar-refractivity contribution < 1.29 is 18.0 Å². The molecule has 3 nitrogen and oxygen atoms in total. The lowest BCUT2D eigenvalue weighted by atomic mass is 9.97. The van der Waals surface area contributed by atoms with Gasteiger partial charge in [0.2, 0.25) is 5.91 Å². The van der Waals surface area contributed by atoms with Crippen LogP contribution in [0.25, 0.3) is 11.1 Å². The molecule has 116 valence electrons. The van der Waals surface area contributed by atoms with Crippen LogP contribution in [0.3, 0.4) is 0 Å². The number of nitrogens with two attached hydrogens (primary N) is 1. The van der Waals surface area contributed by atoms with Crippen molar-refractivity contribution in [3.05, 3.63) is 59.7 Å². The number of alkyl halides is 3. The molecule has 0 bridgehead atoms. The van der Waals surface area contributed by atoms with E-state index >= 15 is 0 Å². The molecule has 0 fully saturated rings. The number of carbonyl (C=O) groups excluding carboxylic acids is 1. The van der Waals surface area contributed by atoms with Gasteiger partial charge in [-0.3, -0.25) is 4.79 Å². The Hall–Kier alpha value is -2.34. The highest BCUT2D eigenvalue weighted by Gasteiger charge is 2.33. The van der Waals surface area contributed by atoms with Crippen LogP contribution in [-0.2, 0) is 17.5 Å². The standard InChI is InChI=1S/C16H15F3N2O/c17-16(18,19)14-8-11(9-21-10-15(20)22)6-7-13(14)12-4-2-1-3-5-12/h1-8,21H,9-10H2,(H2,20,22). The lowest BCUT2D eigenvalue weighted by molar-refractivity contribution is -0.137.